The predicted octanol–water partition coefficient (Wildman–Crippen LogP) is 18.8. The van der Waals surface area contributed by atoms with Gasteiger partial charge < -0.3 is 53.6 Å². The number of ether oxygens (including phenoxy) is 4. The van der Waals surface area contributed by atoms with Crippen molar-refractivity contribution in [1.29, 1.82) is 0 Å². The Balaban J connectivity index is 0.000000130. The van der Waals surface area contributed by atoms with Crippen LogP contribution < -0.4 is 33.6 Å². The van der Waals surface area contributed by atoms with Gasteiger partial charge in [-0.05, 0) is 180 Å². The second kappa shape index (κ2) is 32.4. The molecule has 11 heterocycles. The van der Waals surface area contributed by atoms with E-state index in [1.54, 1.807) is 63.7 Å². The molecule has 0 unspecified atom stereocenters. The van der Waals surface area contributed by atoms with Gasteiger partial charge in [0.05, 0.1) is 48.1 Å². The summed E-state index contributed by atoms with van der Waals surface area (Å²) in [5.74, 6) is 7.63. The molecule has 115 heavy (non-hydrogen) atoms. The number of nitrogens with one attached hydrogen (secondary N) is 4. The lowest BCUT2D eigenvalue weighted by molar-refractivity contribution is -0.275. The molecule has 8 aromatic heterocycles. The number of imidazole rings is 3. The van der Waals surface area contributed by atoms with Crippen molar-refractivity contribution in [3.63, 3.8) is 0 Å². The topological polar surface area (TPSA) is 239 Å². The van der Waals surface area contributed by atoms with Crippen molar-refractivity contribution in [2.75, 3.05) is 68.2 Å². The van der Waals surface area contributed by atoms with Crippen molar-refractivity contribution in [3.05, 3.63) is 244 Å². The van der Waals surface area contributed by atoms with E-state index in [4.69, 9.17) is 24.4 Å². The van der Waals surface area contributed by atoms with Gasteiger partial charge in [0, 0.05) is 138 Å². The Kier molecular flexibility index (Phi) is 21.5. The van der Waals surface area contributed by atoms with Gasteiger partial charge in [0.25, 0.3) is 0 Å². The van der Waals surface area contributed by atoms with Crippen LogP contribution in [0.3, 0.4) is 0 Å². The summed E-state index contributed by atoms with van der Waals surface area (Å²) in [6, 6.07) is 42.9. The fourth-order valence-corrected chi connectivity index (χ4v) is 16.0. The summed E-state index contributed by atoms with van der Waals surface area (Å²) in [5.41, 5.74) is 22.5. The third-order valence-corrected chi connectivity index (χ3v) is 22.1. The molecule has 21 nitrogen and oxygen atoms in total. The number of H-pyrrole nitrogens is 4. The standard InChI is InChI=1S/C30H28F3N5O2.C30H28F3N5O.C28H29N7O/c1-18-27(19-6-8-23(9-7-19)40-30(31,32)33)37-28(36-18)20-10-12-38(13-11-20)29-25-15-22(16-26(25)34-17-35-29)21-4-3-5-24(14-21)39-2;1-18-3-5-20(6-4-18)23-15-25-26(16-23)34-17-35-29(25)38-13-11-22(12-14-38)28-36-19(2)27(37-28)21-7-9-24(10-8-21)39-30(31,32)33;1-17-4-6-19(7-5-17)25-18(2)32-26(34-25)20-9-12-35(13-10-20)28-22-15-23(33-27(22)30-16-31-28)21-8-11-29-24(14-21)36-3/h3-9,14-15,17,20H,10-13,16H2,1-2H3,(H,36,37);3-10,15,17,22H,11-14,16H2,1-2H3,(H,36,37);4-8,11,14-16,20H,9-10,12-13H2,1-3H3,(H,32,34)(H,30,31,33). The number of halogens is 6. The molecule has 3 aliphatic heterocycles. The van der Waals surface area contributed by atoms with Crippen LogP contribution in [0.2, 0.25) is 0 Å². The van der Waals surface area contributed by atoms with E-state index < -0.39 is 12.7 Å². The highest BCUT2D eigenvalue weighted by Gasteiger charge is 2.35. The van der Waals surface area contributed by atoms with Gasteiger partial charge in [-0.2, -0.15) is 0 Å². The number of aromatic amines is 4. The smallest absolute Gasteiger partial charge is 0.497 e. The fourth-order valence-electron chi connectivity index (χ4n) is 16.0. The Morgan fingerprint density at radius 2 is 0.809 bits per heavy atom. The summed E-state index contributed by atoms with van der Waals surface area (Å²) in [6.45, 7) is 15.4. The quantitative estimate of drug-likeness (QED) is 0.0658. The maximum absolute atomic E-state index is 12.5. The maximum atomic E-state index is 12.5. The van der Waals surface area contributed by atoms with Crippen molar-refractivity contribution >= 4 is 51.8 Å². The number of rotatable bonds is 16. The van der Waals surface area contributed by atoms with Gasteiger partial charge in [-0.25, -0.2) is 49.8 Å². The van der Waals surface area contributed by atoms with E-state index >= 15 is 0 Å². The molecule has 18 rings (SSSR count). The summed E-state index contributed by atoms with van der Waals surface area (Å²) in [6.07, 6.45) is 8.93. The van der Waals surface area contributed by atoms with Crippen LogP contribution in [0.25, 0.3) is 79.4 Å². The van der Waals surface area contributed by atoms with Crippen LogP contribution in [0.15, 0.2) is 165 Å². The first-order valence-corrected chi connectivity index (χ1v) is 38.5. The molecule has 5 aromatic carbocycles. The molecule has 0 atom stereocenters. The first kappa shape index (κ1) is 76.3. The van der Waals surface area contributed by atoms with Crippen molar-refractivity contribution in [2.45, 2.75) is 116 Å². The van der Waals surface area contributed by atoms with Gasteiger partial charge in [0.1, 0.15) is 76.8 Å². The van der Waals surface area contributed by atoms with E-state index in [0.717, 1.165) is 233 Å². The Morgan fingerprint density at radius 3 is 1.25 bits per heavy atom. The van der Waals surface area contributed by atoms with Crippen molar-refractivity contribution in [3.8, 4) is 68.2 Å². The molecule has 0 saturated carbocycles. The number of hydrogen-bond donors (Lipinski definition) is 4. The highest BCUT2D eigenvalue weighted by atomic mass is 19.4. The minimum atomic E-state index is -4.72. The summed E-state index contributed by atoms with van der Waals surface area (Å²) in [4.78, 5) is 67.3. The molecule has 27 heteroatoms. The Hall–Kier alpha value is -12.7. The maximum Gasteiger partial charge on any atom is 0.573 e. The van der Waals surface area contributed by atoms with Crippen LogP contribution in [-0.2, 0) is 12.8 Å². The SMILES string of the molecule is COc1cc(-c2cc3c(N4CCC(c5nc(-c6ccc(C)cc6)c(C)[nH]5)CC4)ncnc3[nH]2)ccn1.COc1cccc(C2=Cc3c(ncnc3N3CCC(c4nc(-c5ccc(OC(F)(F)F)cc5)c(C)[nH]4)CC3)C2)c1.Cc1ccc(C2=Cc3c(ncnc3N3CCC(c4nc(-c5ccc(OC(F)(F)F)cc5)c(C)[nH]4)CC3)C2)cc1. The second-order valence-electron chi connectivity index (χ2n) is 29.7. The monoisotopic (exact) mass is 1560 g/mol. The first-order chi connectivity index (χ1) is 55.6. The van der Waals surface area contributed by atoms with Crippen LogP contribution in [0.4, 0.5) is 43.8 Å². The number of alkyl halides is 6. The molecular formula is C88H85F6N17O4. The summed E-state index contributed by atoms with van der Waals surface area (Å²) in [7, 11) is 3.29. The van der Waals surface area contributed by atoms with Gasteiger partial charge >= 0.3 is 12.7 Å². The van der Waals surface area contributed by atoms with Crippen molar-refractivity contribution in [2.24, 2.45) is 0 Å². The predicted molar refractivity (Wildman–Crippen MR) is 432 cm³/mol. The lowest BCUT2D eigenvalue weighted by Gasteiger charge is -2.32. The number of fused-ring (bicyclic) bond motifs is 3. The lowest BCUT2D eigenvalue weighted by atomic mass is 9.96. The average Bonchev–Trinajstić information content (AvgIpc) is 1.65. The minimum absolute atomic E-state index is 0.245. The lowest BCUT2D eigenvalue weighted by Crippen LogP contribution is -2.34. The van der Waals surface area contributed by atoms with E-state index in [1.807, 2.05) is 44.2 Å². The molecule has 0 bridgehead atoms. The van der Waals surface area contributed by atoms with E-state index in [9.17, 15) is 26.3 Å². The molecule has 3 fully saturated rings. The molecule has 3 saturated heterocycles. The van der Waals surface area contributed by atoms with E-state index in [0.29, 0.717) is 11.8 Å². The van der Waals surface area contributed by atoms with Gasteiger partial charge in [-0.15, -0.1) is 26.3 Å². The van der Waals surface area contributed by atoms with Gasteiger partial charge in [-0.3, -0.25) is 0 Å². The second-order valence-corrected chi connectivity index (χ2v) is 29.7. The number of hydrogen-bond acceptors (Lipinski definition) is 17. The highest BCUT2D eigenvalue weighted by Crippen LogP contribution is 2.43. The average molecular weight is 1560 g/mol. The number of anilines is 3. The number of nitrogens with zero attached hydrogens (tertiary/aromatic N) is 13. The number of benzene rings is 5. The fraction of sp³-hybridized carbons (Fsp3) is 0.295. The molecule has 5 aliphatic rings. The number of aromatic nitrogens is 14. The van der Waals surface area contributed by atoms with E-state index in [-0.39, 0.29) is 23.3 Å². The highest BCUT2D eigenvalue weighted by molar-refractivity contribution is 5.94. The zero-order chi connectivity index (χ0) is 79.7. The largest absolute Gasteiger partial charge is 0.573 e. The Morgan fingerprint density at radius 1 is 0.391 bits per heavy atom. The van der Waals surface area contributed by atoms with Gasteiger partial charge in [-0.1, -0.05) is 71.8 Å². The zero-order valence-corrected chi connectivity index (χ0v) is 64.6. The van der Waals surface area contributed by atoms with Crippen LogP contribution in [0, 0.1) is 34.6 Å². The molecule has 4 N–H and O–H groups in total. The third-order valence-electron chi connectivity index (χ3n) is 22.1. The molecule has 588 valence electrons. The third kappa shape index (κ3) is 17.2. The number of aryl methyl sites for hydroxylation is 5. The molecule has 0 amide bonds. The van der Waals surface area contributed by atoms with Crippen molar-refractivity contribution in [1.82, 2.24) is 69.8 Å². The van der Waals surface area contributed by atoms with Crippen LogP contribution in [0.5, 0.6) is 23.1 Å². The summed E-state index contributed by atoms with van der Waals surface area (Å²) in [5, 5.41) is 1.03. The van der Waals surface area contributed by atoms with Crippen LogP contribution >= 0.6 is 0 Å². The summed E-state index contributed by atoms with van der Waals surface area (Å²) < 4.78 is 93.6. The number of allylic oxidation sites excluding steroid dienone is 2. The molecular weight excluding hydrogens is 1470 g/mol. The number of piperidine rings is 3. The number of methoxy groups -OCH3 is 2. The first-order valence-electron chi connectivity index (χ1n) is 38.5. The zero-order valence-electron chi connectivity index (χ0n) is 64.6. The van der Waals surface area contributed by atoms with Crippen LogP contribution in [0.1, 0.15) is 136 Å². The molecule has 0 spiro atoms. The van der Waals surface area contributed by atoms with Crippen molar-refractivity contribution < 1.29 is 45.3 Å². The van der Waals surface area contributed by atoms with E-state index in [2.05, 4.69) is 173 Å². The molecule has 2 aliphatic carbocycles. The van der Waals surface area contributed by atoms with Crippen LogP contribution in [-0.4, -0.2) is 136 Å². The summed E-state index contributed by atoms with van der Waals surface area (Å²) >= 11 is 0. The minimum Gasteiger partial charge on any atom is -0.497 e. The molecule has 13 aromatic rings. The number of pyridine rings is 1. The normalized spacial score (nSPS) is 15.3. The Labute approximate surface area is 660 Å². The molecule has 0 radical (unpaired) electrons. The Bertz CT molecular complexity index is 5690. The van der Waals surface area contributed by atoms with Gasteiger partial charge in [0.15, 0.2) is 0 Å². The van der Waals surface area contributed by atoms with Gasteiger partial charge in [0.2, 0.25) is 5.88 Å². The van der Waals surface area contributed by atoms with E-state index in [1.165, 1.54) is 52.1 Å².